The second-order valence-electron chi connectivity index (χ2n) is 9.30. The molecule has 184 valence electrons. The number of rotatable bonds is 6. The van der Waals surface area contributed by atoms with E-state index in [1.165, 1.54) is 12.1 Å². The maximum absolute atomic E-state index is 13.2. The van der Waals surface area contributed by atoms with Gasteiger partial charge in [0, 0.05) is 30.4 Å². The largest absolute Gasteiger partial charge is 0.485 e. The Balaban J connectivity index is 1.25. The molecule has 0 fully saturated rings. The molecule has 5 nitrogen and oxygen atoms in total. The van der Waals surface area contributed by atoms with Crippen molar-refractivity contribution in [1.29, 1.82) is 0 Å². The van der Waals surface area contributed by atoms with E-state index in [1.807, 2.05) is 73.5 Å². The van der Waals surface area contributed by atoms with Crippen LogP contribution in [-0.4, -0.2) is 26.7 Å². The molecule has 6 rings (SSSR count). The Bertz CT molecular complexity index is 1620. The third-order valence-corrected chi connectivity index (χ3v) is 6.95. The number of carbonyl (C=O) groups is 1. The normalized spacial score (nSPS) is 12.8. The standard InChI is InChI=1S/C31H26FN3O2/c1-3-34-18-25-17-24(12-15-27(25)31(34)36)29-20(2)33-30-28(5-4-16-35(29)30)37-19-21-6-8-22(9-7-21)23-10-13-26(32)14-11-23/h4-17H,3,18-19H2,1-2H3. The summed E-state index contributed by atoms with van der Waals surface area (Å²) < 4.78 is 21.5. The minimum absolute atomic E-state index is 0.0975. The molecule has 1 aliphatic rings. The van der Waals surface area contributed by atoms with Gasteiger partial charge in [0.1, 0.15) is 12.4 Å². The topological polar surface area (TPSA) is 46.8 Å². The van der Waals surface area contributed by atoms with Crippen LogP contribution in [0, 0.1) is 12.7 Å². The van der Waals surface area contributed by atoms with Gasteiger partial charge in [-0.05, 0) is 72.5 Å². The van der Waals surface area contributed by atoms with Crippen LogP contribution in [0.15, 0.2) is 85.1 Å². The minimum atomic E-state index is -0.241. The summed E-state index contributed by atoms with van der Waals surface area (Å²) in [6.45, 7) is 5.74. The molecule has 3 heterocycles. The number of imidazole rings is 1. The van der Waals surface area contributed by atoms with Gasteiger partial charge in [0.15, 0.2) is 11.4 Å². The molecule has 0 saturated heterocycles. The second kappa shape index (κ2) is 9.21. The lowest BCUT2D eigenvalue weighted by atomic mass is 10.0. The maximum Gasteiger partial charge on any atom is 0.254 e. The zero-order valence-electron chi connectivity index (χ0n) is 20.7. The van der Waals surface area contributed by atoms with Gasteiger partial charge in [-0.25, -0.2) is 9.37 Å². The molecule has 5 aromatic rings. The Labute approximate surface area is 214 Å². The van der Waals surface area contributed by atoms with Crippen molar-refractivity contribution in [2.75, 3.05) is 6.54 Å². The zero-order valence-corrected chi connectivity index (χ0v) is 20.7. The molecule has 0 spiro atoms. The average Bonchev–Trinajstić information content (AvgIpc) is 3.43. The lowest BCUT2D eigenvalue weighted by Crippen LogP contribution is -2.22. The number of hydrogen-bond acceptors (Lipinski definition) is 3. The van der Waals surface area contributed by atoms with Gasteiger partial charge in [-0.3, -0.25) is 9.20 Å². The summed E-state index contributed by atoms with van der Waals surface area (Å²) in [6, 6.07) is 24.5. The van der Waals surface area contributed by atoms with E-state index < -0.39 is 0 Å². The van der Waals surface area contributed by atoms with Gasteiger partial charge in [0.25, 0.3) is 5.91 Å². The number of fused-ring (bicyclic) bond motifs is 2. The van der Waals surface area contributed by atoms with Crippen molar-refractivity contribution in [3.63, 3.8) is 0 Å². The van der Waals surface area contributed by atoms with Gasteiger partial charge in [-0.2, -0.15) is 0 Å². The first-order valence-electron chi connectivity index (χ1n) is 12.4. The van der Waals surface area contributed by atoms with Crippen LogP contribution in [0.25, 0.3) is 28.0 Å². The van der Waals surface area contributed by atoms with Crippen LogP contribution in [0.5, 0.6) is 5.75 Å². The fraction of sp³-hybridized carbons (Fsp3) is 0.161. The molecule has 0 unspecified atom stereocenters. The molecule has 1 aliphatic heterocycles. The Morgan fingerprint density at radius 2 is 1.65 bits per heavy atom. The van der Waals surface area contributed by atoms with E-state index >= 15 is 0 Å². The van der Waals surface area contributed by atoms with E-state index in [9.17, 15) is 9.18 Å². The van der Waals surface area contributed by atoms with Gasteiger partial charge >= 0.3 is 0 Å². The van der Waals surface area contributed by atoms with Gasteiger partial charge < -0.3 is 9.64 Å². The maximum atomic E-state index is 13.2. The third kappa shape index (κ3) is 4.14. The highest BCUT2D eigenvalue weighted by atomic mass is 19.1. The monoisotopic (exact) mass is 491 g/mol. The van der Waals surface area contributed by atoms with Gasteiger partial charge in [0.2, 0.25) is 0 Å². The highest BCUT2D eigenvalue weighted by Gasteiger charge is 2.27. The number of aryl methyl sites for hydroxylation is 1. The summed E-state index contributed by atoms with van der Waals surface area (Å²) >= 11 is 0. The number of pyridine rings is 1. The van der Waals surface area contributed by atoms with E-state index in [4.69, 9.17) is 9.72 Å². The fourth-order valence-electron chi connectivity index (χ4n) is 5.00. The molecule has 0 saturated carbocycles. The molecule has 37 heavy (non-hydrogen) atoms. The van der Waals surface area contributed by atoms with Crippen molar-refractivity contribution in [3.8, 4) is 28.1 Å². The smallest absolute Gasteiger partial charge is 0.254 e. The Morgan fingerprint density at radius 3 is 2.38 bits per heavy atom. The van der Waals surface area contributed by atoms with Gasteiger partial charge in [-0.15, -0.1) is 0 Å². The summed E-state index contributed by atoms with van der Waals surface area (Å²) in [5.74, 6) is 0.558. The number of carbonyl (C=O) groups excluding carboxylic acids is 1. The van der Waals surface area contributed by atoms with Crippen LogP contribution in [0.4, 0.5) is 4.39 Å². The SMILES string of the molecule is CCN1Cc2cc(-c3c(C)nc4c(OCc5ccc(-c6ccc(F)cc6)cc5)cccn34)ccc2C1=O. The van der Waals surface area contributed by atoms with E-state index in [1.54, 1.807) is 12.1 Å². The van der Waals surface area contributed by atoms with E-state index in [0.717, 1.165) is 50.4 Å². The van der Waals surface area contributed by atoms with Gasteiger partial charge in [0.05, 0.1) is 11.4 Å². The quantitative estimate of drug-likeness (QED) is 0.267. The fourth-order valence-corrected chi connectivity index (χ4v) is 5.00. The molecule has 6 heteroatoms. The molecule has 1 amide bonds. The zero-order chi connectivity index (χ0) is 25.5. The highest BCUT2D eigenvalue weighted by Crippen LogP contribution is 2.33. The van der Waals surface area contributed by atoms with Crippen molar-refractivity contribution in [1.82, 2.24) is 14.3 Å². The Morgan fingerprint density at radius 1 is 0.946 bits per heavy atom. The van der Waals surface area contributed by atoms with E-state index in [2.05, 4.69) is 10.5 Å². The molecule has 2 aromatic heterocycles. The molecular weight excluding hydrogens is 465 g/mol. The van der Waals surface area contributed by atoms with Crippen molar-refractivity contribution in [3.05, 3.63) is 113 Å². The molecule has 0 bridgehead atoms. The summed E-state index contributed by atoms with van der Waals surface area (Å²) in [5, 5.41) is 0. The summed E-state index contributed by atoms with van der Waals surface area (Å²) in [7, 11) is 0. The van der Waals surface area contributed by atoms with Crippen LogP contribution in [0.1, 0.15) is 34.1 Å². The predicted molar refractivity (Wildman–Crippen MR) is 142 cm³/mol. The number of benzene rings is 3. The summed E-state index contributed by atoms with van der Waals surface area (Å²) in [4.78, 5) is 19.2. The molecule has 0 atom stereocenters. The van der Waals surface area contributed by atoms with Gasteiger partial charge in [-0.1, -0.05) is 42.5 Å². The minimum Gasteiger partial charge on any atom is -0.485 e. The number of aromatic nitrogens is 2. The van der Waals surface area contributed by atoms with Crippen LogP contribution in [0.2, 0.25) is 0 Å². The van der Waals surface area contributed by atoms with Crippen molar-refractivity contribution >= 4 is 11.6 Å². The first-order chi connectivity index (χ1) is 18.0. The van der Waals surface area contributed by atoms with Crippen LogP contribution in [0.3, 0.4) is 0 Å². The summed E-state index contributed by atoms with van der Waals surface area (Å²) in [5.41, 5.74) is 8.54. The molecule has 0 radical (unpaired) electrons. The number of amides is 1. The lowest BCUT2D eigenvalue weighted by molar-refractivity contribution is 0.0787. The third-order valence-electron chi connectivity index (χ3n) is 6.95. The number of nitrogens with zero attached hydrogens (tertiary/aromatic N) is 3. The Kier molecular flexibility index (Phi) is 5.72. The first kappa shape index (κ1) is 23.0. The first-order valence-corrected chi connectivity index (χ1v) is 12.4. The van der Waals surface area contributed by atoms with Crippen LogP contribution >= 0.6 is 0 Å². The van der Waals surface area contributed by atoms with E-state index in [0.29, 0.717) is 25.4 Å². The molecule has 0 N–H and O–H groups in total. The number of halogens is 1. The summed E-state index contributed by atoms with van der Waals surface area (Å²) in [6.07, 6.45) is 1.99. The van der Waals surface area contributed by atoms with Crippen molar-refractivity contribution in [2.45, 2.75) is 27.0 Å². The second-order valence-corrected chi connectivity index (χ2v) is 9.30. The molecule has 0 aliphatic carbocycles. The highest BCUT2D eigenvalue weighted by molar-refractivity contribution is 5.99. The van der Waals surface area contributed by atoms with Crippen LogP contribution < -0.4 is 4.74 Å². The van der Waals surface area contributed by atoms with Crippen molar-refractivity contribution in [2.24, 2.45) is 0 Å². The molecular formula is C31H26FN3O2. The number of ether oxygens (including phenoxy) is 1. The van der Waals surface area contributed by atoms with E-state index in [-0.39, 0.29) is 11.7 Å². The number of hydrogen-bond donors (Lipinski definition) is 0. The predicted octanol–water partition coefficient (Wildman–Crippen LogP) is 6.67. The average molecular weight is 492 g/mol. The lowest BCUT2D eigenvalue weighted by Gasteiger charge is -2.11. The molecule has 3 aromatic carbocycles. The Hall–Kier alpha value is -4.45. The van der Waals surface area contributed by atoms with Crippen LogP contribution in [-0.2, 0) is 13.2 Å². The van der Waals surface area contributed by atoms with Crippen molar-refractivity contribution < 1.29 is 13.9 Å².